The topological polar surface area (TPSA) is 147 Å². The molecule has 1 unspecified atom stereocenters. The first-order valence-electron chi connectivity index (χ1n) is 18.0. The minimum absolute atomic E-state index is 0. The van der Waals surface area contributed by atoms with Crippen molar-refractivity contribution in [3.05, 3.63) is 76.3 Å². The van der Waals surface area contributed by atoms with Gasteiger partial charge in [0.1, 0.15) is 23.4 Å². The largest absolute Gasteiger partial charge is 0.490 e. The van der Waals surface area contributed by atoms with Crippen LogP contribution in [0.3, 0.4) is 0 Å². The summed E-state index contributed by atoms with van der Waals surface area (Å²) in [6.07, 6.45) is -2.46. The van der Waals surface area contributed by atoms with E-state index in [1.165, 1.54) is 6.07 Å². The number of benzene rings is 3. The van der Waals surface area contributed by atoms with Gasteiger partial charge in [0.25, 0.3) is 5.91 Å². The number of nitrogens with one attached hydrogen (secondary N) is 3. The molecule has 0 saturated carbocycles. The van der Waals surface area contributed by atoms with Crippen LogP contribution in [0, 0.1) is 11.3 Å². The highest BCUT2D eigenvalue weighted by Gasteiger charge is 2.51. The van der Waals surface area contributed by atoms with Gasteiger partial charge in [-0.15, -0.1) is 12.4 Å². The fraction of sp³-hybridized carbons (Fsp3) is 0.385. The van der Waals surface area contributed by atoms with Crippen LogP contribution >= 0.6 is 36.2 Å². The number of nitrogens with zero attached hydrogens (tertiary/aromatic N) is 4. The number of hydrogen-bond acceptors (Lipinski definition) is 9. The number of rotatable bonds is 10. The van der Waals surface area contributed by atoms with E-state index in [0.29, 0.717) is 66.6 Å². The van der Waals surface area contributed by atoms with Gasteiger partial charge in [-0.05, 0) is 112 Å². The molecule has 0 spiro atoms. The molecule has 0 radical (unpaired) electrons. The van der Waals surface area contributed by atoms with E-state index in [2.05, 4.69) is 16.0 Å². The third kappa shape index (κ3) is 9.44. The van der Waals surface area contributed by atoms with Crippen molar-refractivity contribution in [3.8, 4) is 11.8 Å². The van der Waals surface area contributed by atoms with Crippen LogP contribution in [-0.4, -0.2) is 71.0 Å². The number of imide groups is 1. The lowest BCUT2D eigenvalue weighted by molar-refractivity contribution is -0.138. The molecule has 12 nitrogen and oxygen atoms in total. The second-order valence-corrected chi connectivity index (χ2v) is 15.1. The van der Waals surface area contributed by atoms with Gasteiger partial charge < -0.3 is 20.3 Å². The lowest BCUT2D eigenvalue weighted by Crippen LogP contribution is -2.47. The van der Waals surface area contributed by atoms with E-state index in [0.717, 1.165) is 22.6 Å². The number of halogens is 5. The number of thiocarbonyl (C=S) groups is 1. The Morgan fingerprint density at radius 2 is 1.72 bits per heavy atom. The molecule has 18 heteroatoms. The van der Waals surface area contributed by atoms with Crippen LogP contribution in [-0.2, 0) is 31.8 Å². The Morgan fingerprint density at radius 1 is 1.04 bits per heavy atom. The number of piperidine rings is 2. The molecule has 3 aliphatic heterocycles. The van der Waals surface area contributed by atoms with Crippen molar-refractivity contribution in [1.82, 2.24) is 10.2 Å². The van der Waals surface area contributed by atoms with Gasteiger partial charge in [0, 0.05) is 41.6 Å². The van der Waals surface area contributed by atoms with Crippen molar-refractivity contribution < 1.29 is 37.1 Å². The number of alkyl halides is 3. The number of carbonyl (C=O) groups excluding carboxylic acids is 4. The summed E-state index contributed by atoms with van der Waals surface area (Å²) in [4.78, 5) is 55.1. The summed E-state index contributed by atoms with van der Waals surface area (Å²) < 4.78 is 47.8. The zero-order valence-electron chi connectivity index (χ0n) is 31.2. The summed E-state index contributed by atoms with van der Waals surface area (Å²) in [5.41, 5.74) is -0.608. The number of carbonyl (C=O) groups is 4. The highest BCUT2D eigenvalue weighted by Crippen LogP contribution is 2.41. The molecule has 3 aromatic carbocycles. The van der Waals surface area contributed by atoms with Crippen molar-refractivity contribution >= 4 is 87.7 Å². The molecule has 3 saturated heterocycles. The lowest BCUT2D eigenvalue weighted by Gasteiger charge is -2.33. The number of aryl methyl sites for hydroxylation is 1. The van der Waals surface area contributed by atoms with E-state index in [9.17, 15) is 37.6 Å². The summed E-state index contributed by atoms with van der Waals surface area (Å²) in [5.74, 6) is -0.826. The Hall–Kier alpha value is -4.95. The van der Waals surface area contributed by atoms with Crippen molar-refractivity contribution in [3.63, 3.8) is 0 Å². The first-order chi connectivity index (χ1) is 26.5. The molecule has 3 aliphatic rings. The zero-order chi connectivity index (χ0) is 40.5. The predicted octanol–water partition coefficient (Wildman–Crippen LogP) is 6.83. The van der Waals surface area contributed by atoms with Crippen LogP contribution in [0.1, 0.15) is 63.1 Å². The van der Waals surface area contributed by atoms with Gasteiger partial charge in [-0.1, -0.05) is 18.5 Å². The quantitative estimate of drug-likeness (QED) is 0.147. The van der Waals surface area contributed by atoms with E-state index in [4.69, 9.17) is 28.6 Å². The molecule has 0 aromatic heterocycles. The van der Waals surface area contributed by atoms with Gasteiger partial charge in [0.05, 0.1) is 29.4 Å². The van der Waals surface area contributed by atoms with E-state index in [1.54, 1.807) is 55.1 Å². The van der Waals surface area contributed by atoms with Crippen molar-refractivity contribution in [2.75, 3.05) is 40.1 Å². The van der Waals surface area contributed by atoms with E-state index in [1.807, 2.05) is 17.9 Å². The first kappa shape index (κ1) is 43.2. The maximum Gasteiger partial charge on any atom is 0.417 e. The van der Waals surface area contributed by atoms with Crippen LogP contribution in [0.4, 0.5) is 35.9 Å². The highest BCUT2D eigenvalue weighted by atomic mass is 35.5. The second-order valence-electron chi connectivity index (χ2n) is 14.3. The van der Waals surface area contributed by atoms with Crippen LogP contribution in [0.2, 0.25) is 5.02 Å². The van der Waals surface area contributed by atoms with Gasteiger partial charge in [-0.2, -0.15) is 18.4 Å². The second kappa shape index (κ2) is 17.3. The molecule has 1 atom stereocenters. The van der Waals surface area contributed by atoms with Gasteiger partial charge in [0.15, 0.2) is 5.11 Å². The van der Waals surface area contributed by atoms with Gasteiger partial charge in [-0.25, -0.2) is 0 Å². The van der Waals surface area contributed by atoms with E-state index < -0.39 is 40.7 Å². The van der Waals surface area contributed by atoms with Crippen LogP contribution < -0.4 is 30.5 Å². The third-order valence-corrected chi connectivity index (χ3v) is 10.6. The molecule has 0 aliphatic carbocycles. The SMILES string of the molecule is CCc1cc(N2C(=S)N(c3ccc(C#N)c(C(F)(F)F)c3)C(=O)C2(C)C)ccc1OC1CCN(CC(=O)Nc2cc(Cl)cc(NC3CCC(=O)NC3=O)c2)CC1.Cl. The Kier molecular flexibility index (Phi) is 13.1. The van der Waals surface area contributed by atoms with Crippen LogP contribution in [0.15, 0.2) is 54.6 Å². The van der Waals surface area contributed by atoms with E-state index >= 15 is 0 Å². The number of ether oxygens (including phenoxy) is 1. The maximum atomic E-state index is 13.8. The summed E-state index contributed by atoms with van der Waals surface area (Å²) in [7, 11) is 0. The first-order valence-corrected chi connectivity index (χ1v) is 18.8. The average Bonchev–Trinajstić information content (AvgIpc) is 3.31. The molecule has 4 amide bonds. The van der Waals surface area contributed by atoms with Crippen molar-refractivity contribution in [2.45, 2.75) is 76.7 Å². The Labute approximate surface area is 344 Å². The molecule has 302 valence electrons. The maximum absolute atomic E-state index is 13.8. The fourth-order valence-electron chi connectivity index (χ4n) is 7.10. The molecule has 3 heterocycles. The number of hydrogen-bond donors (Lipinski definition) is 3. The molecule has 3 aromatic rings. The summed E-state index contributed by atoms with van der Waals surface area (Å²) in [5, 5.41) is 17.8. The molecule has 57 heavy (non-hydrogen) atoms. The molecular formula is C39H40Cl2F3N7O5S. The lowest BCUT2D eigenvalue weighted by atomic mass is 10.0. The number of nitriles is 1. The van der Waals surface area contributed by atoms with Crippen LogP contribution in [0.25, 0.3) is 0 Å². The van der Waals surface area contributed by atoms with Crippen LogP contribution in [0.5, 0.6) is 5.75 Å². The molecule has 0 bridgehead atoms. The summed E-state index contributed by atoms with van der Waals surface area (Å²) >= 11 is 12.0. The third-order valence-electron chi connectivity index (χ3n) is 10.00. The Morgan fingerprint density at radius 3 is 2.37 bits per heavy atom. The Bertz CT molecular complexity index is 2140. The minimum atomic E-state index is -4.80. The van der Waals surface area contributed by atoms with Gasteiger partial charge in [-0.3, -0.25) is 34.3 Å². The summed E-state index contributed by atoms with van der Waals surface area (Å²) in [6.45, 7) is 6.61. The zero-order valence-corrected chi connectivity index (χ0v) is 33.6. The molecular weight excluding hydrogens is 806 g/mol. The standard InChI is InChI=1S/C39H39ClF3N7O5S.ClH/c1-4-22-15-28(50-37(56)49(36(54)38(50,2)3)27-6-5-23(20-44)30(19-27)39(41,42)43)7-9-32(22)55-29-11-13-48(14-12-29)21-34(52)46-26-17-24(40)16-25(18-26)45-31-8-10-33(51)47-35(31)53;/h5-7,9,15-19,29,31,45H,4,8,10-14,21H2,1-3H3,(H,46,52)(H,47,51,53);1H. The fourth-order valence-corrected chi connectivity index (χ4v) is 7.86. The van der Waals surface area contributed by atoms with Gasteiger partial charge >= 0.3 is 6.18 Å². The molecule has 6 rings (SSSR count). The van der Waals surface area contributed by atoms with Crippen molar-refractivity contribution in [1.29, 1.82) is 5.26 Å². The average molecular weight is 847 g/mol. The monoisotopic (exact) mass is 845 g/mol. The number of anilines is 4. The number of amides is 4. The minimum Gasteiger partial charge on any atom is -0.490 e. The van der Waals surface area contributed by atoms with Crippen molar-refractivity contribution in [2.24, 2.45) is 0 Å². The number of likely N-dealkylation sites (tertiary alicyclic amines) is 1. The van der Waals surface area contributed by atoms with E-state index in [-0.39, 0.29) is 54.1 Å². The predicted molar refractivity (Wildman–Crippen MR) is 216 cm³/mol. The highest BCUT2D eigenvalue weighted by molar-refractivity contribution is 7.81. The molecule has 3 N–H and O–H groups in total. The summed E-state index contributed by atoms with van der Waals surface area (Å²) in [6, 6.07) is 14.4. The normalized spacial score (nSPS) is 18.8. The Balaban J connectivity index is 0.00000620. The smallest absolute Gasteiger partial charge is 0.417 e. The molecule has 3 fully saturated rings. The van der Waals surface area contributed by atoms with Gasteiger partial charge in [0.2, 0.25) is 17.7 Å².